The Balaban J connectivity index is 1.28. The van der Waals surface area contributed by atoms with Crippen molar-refractivity contribution in [2.45, 2.75) is 57.9 Å². The molecule has 4 saturated carbocycles. The molecule has 2 N–H and O–H groups in total. The Kier molecular flexibility index (Phi) is 4.31. The molecule has 5 aliphatic rings. The minimum atomic E-state index is 0.0582. The van der Waals surface area contributed by atoms with Crippen molar-refractivity contribution in [3.05, 3.63) is 0 Å². The Morgan fingerprint density at radius 1 is 1.12 bits per heavy atom. The Morgan fingerprint density at radius 3 is 2.33 bits per heavy atom. The van der Waals surface area contributed by atoms with Gasteiger partial charge in [0.25, 0.3) is 0 Å². The van der Waals surface area contributed by atoms with Crippen LogP contribution in [0.2, 0.25) is 0 Å². The highest BCUT2D eigenvalue weighted by Crippen LogP contribution is 2.61. The fourth-order valence-electron chi connectivity index (χ4n) is 6.40. The number of amides is 2. The van der Waals surface area contributed by atoms with Crippen molar-refractivity contribution in [1.29, 1.82) is 0 Å². The zero-order valence-electron chi connectivity index (χ0n) is 14.9. The highest BCUT2D eigenvalue weighted by molar-refractivity contribution is 5.85. The molecule has 0 aromatic rings. The van der Waals surface area contributed by atoms with E-state index >= 15 is 0 Å². The normalized spacial score (nSPS) is 40.6. The van der Waals surface area contributed by atoms with E-state index in [0.29, 0.717) is 6.42 Å². The molecule has 134 valence electrons. The Morgan fingerprint density at radius 2 is 1.75 bits per heavy atom. The molecule has 4 aliphatic carbocycles. The van der Waals surface area contributed by atoms with Crippen LogP contribution in [-0.4, -0.2) is 48.9 Å². The molecule has 4 bridgehead atoms. The molecule has 5 fully saturated rings. The molecule has 0 aromatic carbocycles. The third-order valence-corrected chi connectivity index (χ3v) is 6.96. The SMILES string of the molecule is CC1CNCCN1C(=O)CNC(=O)CC12CC3CC(CC(C3)C1)C2. The first-order valence-electron chi connectivity index (χ1n) is 9.80. The first kappa shape index (κ1) is 16.4. The van der Waals surface area contributed by atoms with Gasteiger partial charge in [-0.05, 0) is 68.6 Å². The molecular formula is C19H31N3O2. The second-order valence-electron chi connectivity index (χ2n) is 9.01. The van der Waals surface area contributed by atoms with Gasteiger partial charge in [-0.2, -0.15) is 0 Å². The van der Waals surface area contributed by atoms with Crippen LogP contribution in [0.25, 0.3) is 0 Å². The fraction of sp³-hybridized carbons (Fsp3) is 0.895. The Labute approximate surface area is 144 Å². The summed E-state index contributed by atoms with van der Waals surface area (Å²) in [6.45, 7) is 4.64. The third-order valence-electron chi connectivity index (χ3n) is 6.96. The summed E-state index contributed by atoms with van der Waals surface area (Å²) < 4.78 is 0. The first-order valence-corrected chi connectivity index (χ1v) is 9.80. The van der Waals surface area contributed by atoms with Gasteiger partial charge in [-0.1, -0.05) is 0 Å². The van der Waals surface area contributed by atoms with E-state index in [1.54, 1.807) is 0 Å². The molecule has 0 radical (unpaired) electrons. The van der Waals surface area contributed by atoms with E-state index in [4.69, 9.17) is 0 Å². The van der Waals surface area contributed by atoms with Gasteiger partial charge in [-0.15, -0.1) is 0 Å². The topological polar surface area (TPSA) is 61.4 Å². The van der Waals surface area contributed by atoms with E-state index in [9.17, 15) is 9.59 Å². The van der Waals surface area contributed by atoms with Crippen LogP contribution in [0.5, 0.6) is 0 Å². The number of carbonyl (C=O) groups excluding carboxylic acids is 2. The molecule has 1 atom stereocenters. The maximum atomic E-state index is 12.5. The quantitative estimate of drug-likeness (QED) is 0.820. The van der Waals surface area contributed by atoms with Gasteiger partial charge in [-0.3, -0.25) is 9.59 Å². The van der Waals surface area contributed by atoms with Crippen molar-refractivity contribution in [1.82, 2.24) is 15.5 Å². The van der Waals surface area contributed by atoms with Gasteiger partial charge in [0.05, 0.1) is 6.54 Å². The van der Waals surface area contributed by atoms with Gasteiger partial charge in [-0.25, -0.2) is 0 Å². The summed E-state index contributed by atoms with van der Waals surface area (Å²) in [5.41, 5.74) is 0.254. The maximum Gasteiger partial charge on any atom is 0.242 e. The van der Waals surface area contributed by atoms with Crippen molar-refractivity contribution in [3.8, 4) is 0 Å². The minimum Gasteiger partial charge on any atom is -0.347 e. The van der Waals surface area contributed by atoms with Crippen LogP contribution < -0.4 is 10.6 Å². The van der Waals surface area contributed by atoms with Crippen LogP contribution in [0.1, 0.15) is 51.9 Å². The van der Waals surface area contributed by atoms with Gasteiger partial charge in [0.15, 0.2) is 0 Å². The average molecular weight is 333 g/mol. The minimum absolute atomic E-state index is 0.0582. The molecule has 1 saturated heterocycles. The number of piperazine rings is 1. The van der Waals surface area contributed by atoms with E-state index in [0.717, 1.165) is 37.4 Å². The van der Waals surface area contributed by atoms with Crippen LogP contribution in [0.3, 0.4) is 0 Å². The van der Waals surface area contributed by atoms with Crippen LogP contribution in [-0.2, 0) is 9.59 Å². The monoisotopic (exact) mass is 333 g/mol. The van der Waals surface area contributed by atoms with Gasteiger partial charge < -0.3 is 15.5 Å². The lowest BCUT2D eigenvalue weighted by Crippen LogP contribution is -2.54. The van der Waals surface area contributed by atoms with Gasteiger partial charge >= 0.3 is 0 Å². The van der Waals surface area contributed by atoms with Gasteiger partial charge in [0.1, 0.15) is 0 Å². The summed E-state index contributed by atoms with van der Waals surface area (Å²) in [4.78, 5) is 26.8. The molecule has 2 amide bonds. The lowest BCUT2D eigenvalue weighted by Gasteiger charge is -2.56. The number of nitrogens with zero attached hydrogens (tertiary/aromatic N) is 1. The summed E-state index contributed by atoms with van der Waals surface area (Å²) in [6, 6.07) is 0.214. The smallest absolute Gasteiger partial charge is 0.242 e. The summed E-state index contributed by atoms with van der Waals surface area (Å²) in [5, 5.41) is 6.21. The second kappa shape index (κ2) is 6.32. The number of rotatable bonds is 4. The summed E-state index contributed by atoms with van der Waals surface area (Å²) in [5.74, 6) is 2.75. The number of carbonyl (C=O) groups is 2. The predicted molar refractivity (Wildman–Crippen MR) is 92.3 cm³/mol. The van der Waals surface area contributed by atoms with Crippen molar-refractivity contribution >= 4 is 11.8 Å². The Bertz CT molecular complexity index is 483. The van der Waals surface area contributed by atoms with Crippen molar-refractivity contribution in [3.63, 3.8) is 0 Å². The summed E-state index contributed by atoms with van der Waals surface area (Å²) >= 11 is 0. The van der Waals surface area contributed by atoms with Crippen molar-refractivity contribution in [2.24, 2.45) is 23.2 Å². The highest BCUT2D eigenvalue weighted by atomic mass is 16.2. The number of hydrogen-bond acceptors (Lipinski definition) is 3. The number of hydrogen-bond donors (Lipinski definition) is 2. The molecule has 1 aliphatic heterocycles. The molecule has 24 heavy (non-hydrogen) atoms. The van der Waals surface area contributed by atoms with E-state index in [-0.39, 0.29) is 29.8 Å². The van der Waals surface area contributed by atoms with E-state index in [2.05, 4.69) is 17.6 Å². The fourth-order valence-corrected chi connectivity index (χ4v) is 6.40. The molecule has 5 heteroatoms. The van der Waals surface area contributed by atoms with Crippen molar-refractivity contribution in [2.75, 3.05) is 26.2 Å². The predicted octanol–water partition coefficient (Wildman–Crippen LogP) is 1.53. The molecular weight excluding hydrogens is 302 g/mol. The summed E-state index contributed by atoms with van der Waals surface area (Å²) in [7, 11) is 0. The summed E-state index contributed by atoms with van der Waals surface area (Å²) in [6.07, 6.45) is 8.58. The van der Waals surface area contributed by atoms with Gasteiger partial charge in [0.2, 0.25) is 11.8 Å². The molecule has 0 aromatic heterocycles. The Hall–Kier alpha value is -1.10. The molecule has 0 spiro atoms. The lowest BCUT2D eigenvalue weighted by molar-refractivity contribution is -0.137. The maximum absolute atomic E-state index is 12.5. The third kappa shape index (κ3) is 3.19. The van der Waals surface area contributed by atoms with Crippen LogP contribution in [0, 0.1) is 23.2 Å². The van der Waals surface area contributed by atoms with Gasteiger partial charge in [0, 0.05) is 32.1 Å². The van der Waals surface area contributed by atoms with Crippen LogP contribution in [0.15, 0.2) is 0 Å². The average Bonchev–Trinajstić information content (AvgIpc) is 2.51. The molecule has 5 rings (SSSR count). The van der Waals surface area contributed by atoms with Crippen LogP contribution >= 0.6 is 0 Å². The molecule has 5 nitrogen and oxygen atoms in total. The zero-order chi connectivity index (χ0) is 16.7. The van der Waals surface area contributed by atoms with E-state index < -0.39 is 0 Å². The standard InChI is InChI=1S/C19H31N3O2/c1-13-11-20-2-3-22(13)18(24)12-21-17(23)10-19-7-14-4-15(8-19)6-16(5-14)9-19/h13-16,20H,2-12H2,1H3,(H,21,23). The zero-order valence-corrected chi connectivity index (χ0v) is 14.9. The van der Waals surface area contributed by atoms with Crippen LogP contribution in [0.4, 0.5) is 0 Å². The van der Waals surface area contributed by atoms with E-state index in [1.165, 1.54) is 38.5 Å². The number of nitrogens with one attached hydrogen (secondary N) is 2. The lowest BCUT2D eigenvalue weighted by atomic mass is 9.49. The largest absolute Gasteiger partial charge is 0.347 e. The molecule has 1 heterocycles. The second-order valence-corrected chi connectivity index (χ2v) is 9.01. The molecule has 1 unspecified atom stereocenters. The van der Waals surface area contributed by atoms with Crippen molar-refractivity contribution < 1.29 is 9.59 Å². The highest BCUT2D eigenvalue weighted by Gasteiger charge is 2.51. The van der Waals surface area contributed by atoms with E-state index in [1.807, 2.05) is 4.90 Å². The first-order chi connectivity index (χ1) is 11.5.